The van der Waals surface area contributed by atoms with Gasteiger partial charge in [0.1, 0.15) is 10.8 Å². The van der Waals surface area contributed by atoms with Crippen LogP contribution >= 0.6 is 46.5 Å². The minimum atomic E-state index is -2.21. The van der Waals surface area contributed by atoms with Gasteiger partial charge in [0, 0.05) is 43.7 Å². The summed E-state index contributed by atoms with van der Waals surface area (Å²) in [6.45, 7) is 6.98. The summed E-state index contributed by atoms with van der Waals surface area (Å²) in [6, 6.07) is 86.7. The van der Waals surface area contributed by atoms with Gasteiger partial charge in [-0.2, -0.15) is 0 Å². The van der Waals surface area contributed by atoms with E-state index in [4.69, 9.17) is 63.7 Å². The smallest absolute Gasteiger partial charge is 0.0134 e. The molecule has 6 aromatic heterocycles. The quantitative estimate of drug-likeness (QED) is 0.0205. The number of aliphatic hydroxyl groups is 1. The van der Waals surface area contributed by atoms with Crippen LogP contribution in [-0.4, -0.2) is 70.3 Å². The van der Waals surface area contributed by atoms with Gasteiger partial charge in [0.2, 0.25) is 11.6 Å². The zero-order valence-electron chi connectivity index (χ0n) is 57.9. The SMILES string of the molecule is C.CCC[CH2][Sn]([CH2]CCC)([CH2]CCC)[c]1ccccn1.CO.Nc1nccc(-c2ccccn2)c1N.Nc1nccc(-c2ccccn2)c1[N+](=O)[O-].Nc1nccc(Cl)c1[N+](=O)[O-].[Cl][Pd][Cl].c1ccc(P(c2ccccc2)c2ccccc2)cc1.c1ccc(P(c2ccccc2)c2ccccc2)cc1. The van der Waals surface area contributed by atoms with Gasteiger partial charge in [-0.1, -0.05) is 213 Å². The third-order valence-corrected chi connectivity index (χ3v) is 35.8. The Labute approximate surface area is 640 Å². The first-order valence-corrected chi connectivity index (χ1v) is 47.6. The molecule has 0 atom stereocenters. The van der Waals surface area contributed by atoms with Gasteiger partial charge in [0.15, 0.2) is 0 Å². The molecule has 24 heteroatoms. The summed E-state index contributed by atoms with van der Waals surface area (Å²) in [5.74, 6) is 0.0730. The second-order valence-corrected chi connectivity index (χ2v) is 42.5. The largest absolute Gasteiger partial charge is 0.0622 e. The molecule has 0 saturated carbocycles. The maximum Gasteiger partial charge on any atom is -0.0134 e. The molecule has 0 fully saturated rings. The van der Waals surface area contributed by atoms with Crippen LogP contribution in [0.25, 0.3) is 22.5 Å². The molecule has 0 aliphatic heterocycles. The number of nitro groups is 2. The molecule has 0 aliphatic carbocycles. The molecule has 0 saturated heterocycles. The van der Waals surface area contributed by atoms with E-state index in [0.29, 0.717) is 22.8 Å². The number of hydrogen-bond acceptors (Lipinski definition) is 15. The molecule has 0 unspecified atom stereocenters. The number of nitrogens with zero attached hydrogens (tertiary/aromatic N) is 8. The van der Waals surface area contributed by atoms with Crippen LogP contribution < -0.4 is 58.5 Å². The molecule has 0 spiro atoms. The summed E-state index contributed by atoms with van der Waals surface area (Å²) in [4.78, 5) is 44.0. The average Bonchev–Trinajstić information content (AvgIpc) is 0.832. The van der Waals surface area contributed by atoms with Crippen LogP contribution in [0.2, 0.25) is 18.3 Å². The Kier molecular flexibility index (Phi) is 42.8. The molecule has 546 valence electrons. The van der Waals surface area contributed by atoms with Crippen molar-refractivity contribution in [2.45, 2.75) is 80.0 Å². The number of nitrogen functional groups attached to an aromatic ring is 4. The van der Waals surface area contributed by atoms with Crippen LogP contribution in [0, 0.1) is 20.2 Å². The molecule has 12 aromatic rings. The second-order valence-electron chi connectivity index (χ2n) is 22.3. The molecule has 17 nitrogen and oxygen atoms in total. The predicted molar refractivity (Wildman–Crippen MR) is 441 cm³/mol. The minimum absolute atomic E-state index is 0. The van der Waals surface area contributed by atoms with Crippen molar-refractivity contribution in [3.05, 3.63) is 317 Å². The van der Waals surface area contributed by atoms with Gasteiger partial charge < -0.3 is 28.0 Å². The Balaban J connectivity index is 0.000000262. The van der Waals surface area contributed by atoms with Crippen molar-refractivity contribution in [3.63, 3.8) is 0 Å². The predicted octanol–water partition coefficient (Wildman–Crippen LogP) is 17.8. The van der Waals surface area contributed by atoms with E-state index in [1.54, 1.807) is 46.6 Å². The second kappa shape index (κ2) is 50.7. The van der Waals surface area contributed by atoms with Gasteiger partial charge in [-0.15, -0.1) is 0 Å². The summed E-state index contributed by atoms with van der Waals surface area (Å²) in [7, 11) is 9.74. The van der Waals surface area contributed by atoms with Crippen LogP contribution in [0.15, 0.2) is 292 Å². The van der Waals surface area contributed by atoms with Crippen LogP contribution in [0.5, 0.6) is 0 Å². The minimum Gasteiger partial charge on any atom is -0.0622 e. The number of nitrogens with two attached hydrogens (primary N) is 4. The van der Waals surface area contributed by atoms with Crippen molar-refractivity contribution in [1.29, 1.82) is 0 Å². The number of rotatable bonds is 20. The first kappa shape index (κ1) is 87.8. The van der Waals surface area contributed by atoms with Gasteiger partial charge >= 0.3 is 170 Å². The van der Waals surface area contributed by atoms with E-state index in [1.165, 1.54) is 108 Å². The van der Waals surface area contributed by atoms with Gasteiger partial charge in [0.25, 0.3) is 0 Å². The molecule has 0 amide bonds. The number of anilines is 4. The average molecular weight is 1690 g/mol. The number of unbranched alkanes of at least 4 members (excludes halogenated alkanes) is 3. The number of pyridine rings is 6. The topological polar surface area (TPSA) is 288 Å². The normalized spacial score (nSPS) is 10.2. The zero-order chi connectivity index (χ0) is 74.5. The van der Waals surface area contributed by atoms with E-state index < -0.39 is 44.1 Å². The van der Waals surface area contributed by atoms with Crippen molar-refractivity contribution >= 4 is 135 Å². The number of aromatic nitrogens is 6. The fraction of sp³-hybridized carbons (Fsp3) is 0.175. The fourth-order valence-corrected chi connectivity index (χ4v) is 30.9. The number of halogens is 3. The maximum absolute atomic E-state index is 10.9. The van der Waals surface area contributed by atoms with Crippen LogP contribution in [0.4, 0.5) is 34.5 Å². The summed E-state index contributed by atoms with van der Waals surface area (Å²) in [6.07, 6.45) is 17.9. The molecule has 0 radical (unpaired) electrons. The van der Waals surface area contributed by atoms with Crippen LogP contribution in [0.1, 0.15) is 66.7 Å². The molecule has 0 bridgehead atoms. The Bertz CT molecular complexity index is 3960. The van der Waals surface area contributed by atoms with Gasteiger partial charge in [0.05, 0.1) is 32.5 Å². The third-order valence-electron chi connectivity index (χ3n) is 15.4. The van der Waals surface area contributed by atoms with E-state index >= 15 is 0 Å². The van der Waals surface area contributed by atoms with E-state index in [0.717, 1.165) is 18.4 Å². The van der Waals surface area contributed by atoms with E-state index in [-0.39, 0.29) is 51.4 Å². The molecule has 0 aliphatic rings. The van der Waals surface area contributed by atoms with Crippen LogP contribution in [-0.2, 0) is 15.9 Å². The summed E-state index contributed by atoms with van der Waals surface area (Å²) < 4.78 is 6.10. The van der Waals surface area contributed by atoms with Crippen molar-refractivity contribution in [1.82, 2.24) is 29.9 Å². The van der Waals surface area contributed by atoms with E-state index in [1.807, 2.05) is 24.4 Å². The number of hydrogen-bond donors (Lipinski definition) is 5. The first-order valence-electron chi connectivity index (χ1n) is 33.1. The van der Waals surface area contributed by atoms with Crippen molar-refractivity contribution in [2.24, 2.45) is 0 Å². The van der Waals surface area contributed by atoms with E-state index in [9.17, 15) is 20.2 Å². The van der Waals surface area contributed by atoms with Crippen LogP contribution in [0.3, 0.4) is 0 Å². The Morgan fingerprint density at radius 2 is 0.683 bits per heavy atom. The fourth-order valence-electron chi connectivity index (χ4n) is 10.6. The maximum atomic E-state index is 10.9. The molecule has 104 heavy (non-hydrogen) atoms. The molecule has 12 rings (SSSR count). The third kappa shape index (κ3) is 28.8. The molecule has 6 heterocycles. The van der Waals surface area contributed by atoms with Gasteiger partial charge in [-0.25, -0.2) is 15.0 Å². The van der Waals surface area contributed by atoms with Crippen molar-refractivity contribution in [3.8, 4) is 22.5 Å². The van der Waals surface area contributed by atoms with E-state index in [2.05, 4.69) is 246 Å². The summed E-state index contributed by atoms with van der Waals surface area (Å²) in [5.41, 5.74) is 24.5. The first-order chi connectivity index (χ1) is 50.2. The molecule has 9 N–H and O–H groups in total. The molecular formula is C80H91Cl3N12O5P2PdSn. The Hall–Kier alpha value is -8.63. The monoisotopic (exact) mass is 1690 g/mol. The molecular weight excluding hydrogens is 1600 g/mol. The Morgan fingerprint density at radius 3 is 0.971 bits per heavy atom. The number of aliphatic hydroxyl groups excluding tert-OH is 1. The molecule has 6 aromatic carbocycles. The number of benzene rings is 6. The summed E-state index contributed by atoms with van der Waals surface area (Å²) >= 11 is 3.15. The van der Waals surface area contributed by atoms with Gasteiger partial charge in [-0.3, -0.25) is 30.2 Å². The van der Waals surface area contributed by atoms with Crippen molar-refractivity contribution < 1.29 is 30.9 Å². The van der Waals surface area contributed by atoms with Crippen molar-refractivity contribution in [2.75, 3.05) is 30.0 Å². The summed E-state index contributed by atoms with van der Waals surface area (Å²) in [5, 5.41) is 36.5. The zero-order valence-corrected chi connectivity index (χ0v) is 66.4. The van der Waals surface area contributed by atoms with Gasteiger partial charge in [-0.05, 0) is 90.1 Å². The standard InChI is InChI=1S/2C18H15P.C10H8N4O2.C10H10N4.C5H4ClN3O2.C5H4N.3C4H9.CH4O.CH4.2ClH.Pd.Sn/c2*1-4-10-16(11-5-1)19(17-12-6-2-7-13-17)18-14-8-3-9-15-18;11-10-9(14(15)16)7(4-6-13-10)8-3-1-2-5-12-8;11-9-7(4-6-14-10(9)12)8-3-1-2-5-13-8;6-3-1-2-8-5(7)4(3)9(10)11;1-2-4-6-5-3-1;3*1-3-4-2;1-2;;;;;/h2*1-15H;1-6H,(H2,11,13);1-6H,11H2,(H2,12,14);1-2H,(H2,7,8);1-4H;3*1,3-4H2,2H3;2H,1H3;1H4;2*1H;;/q;;;;;;;;;;;;;+2;/p-2. The Morgan fingerprint density at radius 1 is 0.394 bits per heavy atom.